The summed E-state index contributed by atoms with van der Waals surface area (Å²) in [4.78, 5) is 16.2. The zero-order chi connectivity index (χ0) is 14.6. The van der Waals surface area contributed by atoms with Crippen LogP contribution in [0, 0.1) is 5.92 Å². The first-order chi connectivity index (χ1) is 9.62. The van der Waals surface area contributed by atoms with Crippen molar-refractivity contribution in [3.8, 4) is 0 Å². The SMILES string of the molecule is CCc1nsc(SCCC2CCCC2(NC)C(N)=O)n1. The number of carbonyl (C=O) groups excluding carboxylic acids is 1. The number of rotatable bonds is 7. The Bertz CT molecular complexity index is 465. The fraction of sp³-hybridized carbons (Fsp3) is 0.769. The van der Waals surface area contributed by atoms with E-state index in [2.05, 4.69) is 21.6 Å². The maximum Gasteiger partial charge on any atom is 0.238 e. The van der Waals surface area contributed by atoms with Crippen LogP contribution in [-0.2, 0) is 11.2 Å². The average molecular weight is 314 g/mol. The van der Waals surface area contributed by atoms with Gasteiger partial charge in [0.25, 0.3) is 0 Å². The van der Waals surface area contributed by atoms with Gasteiger partial charge < -0.3 is 11.1 Å². The second kappa shape index (κ2) is 6.87. The normalized spacial score (nSPS) is 26.0. The second-order valence-electron chi connectivity index (χ2n) is 5.14. The van der Waals surface area contributed by atoms with Crippen molar-refractivity contribution in [3.63, 3.8) is 0 Å². The largest absolute Gasteiger partial charge is 0.368 e. The van der Waals surface area contributed by atoms with E-state index >= 15 is 0 Å². The van der Waals surface area contributed by atoms with Gasteiger partial charge in [-0.3, -0.25) is 4.79 Å². The molecule has 1 heterocycles. The summed E-state index contributed by atoms with van der Waals surface area (Å²) in [5.41, 5.74) is 5.11. The van der Waals surface area contributed by atoms with Gasteiger partial charge in [-0.15, -0.1) is 0 Å². The van der Waals surface area contributed by atoms with E-state index < -0.39 is 5.54 Å². The number of nitrogens with zero attached hydrogens (tertiary/aromatic N) is 2. The number of nitrogens with one attached hydrogen (secondary N) is 1. The van der Waals surface area contributed by atoms with E-state index in [0.717, 1.165) is 48.0 Å². The number of hydrogen-bond donors (Lipinski definition) is 2. The third-order valence-corrected chi connectivity index (χ3v) is 6.07. The molecule has 3 N–H and O–H groups in total. The molecule has 1 aromatic rings. The van der Waals surface area contributed by atoms with Crippen molar-refractivity contribution < 1.29 is 4.79 Å². The first-order valence-corrected chi connectivity index (χ1v) is 8.82. The van der Waals surface area contributed by atoms with Crippen LogP contribution in [0.3, 0.4) is 0 Å². The summed E-state index contributed by atoms with van der Waals surface area (Å²) in [6, 6.07) is 0. The monoisotopic (exact) mass is 314 g/mol. The van der Waals surface area contributed by atoms with Crippen molar-refractivity contribution in [1.29, 1.82) is 0 Å². The van der Waals surface area contributed by atoms with Crippen molar-refractivity contribution in [2.24, 2.45) is 11.7 Å². The second-order valence-corrected chi connectivity index (χ2v) is 7.24. The van der Waals surface area contributed by atoms with E-state index in [1.807, 2.05) is 7.05 Å². The molecule has 1 aromatic heterocycles. The molecule has 112 valence electrons. The Kier molecular flexibility index (Phi) is 5.40. The van der Waals surface area contributed by atoms with Crippen molar-refractivity contribution in [2.75, 3.05) is 12.8 Å². The molecule has 0 bridgehead atoms. The zero-order valence-corrected chi connectivity index (χ0v) is 13.6. The lowest BCUT2D eigenvalue weighted by Gasteiger charge is -2.32. The number of nitrogens with two attached hydrogens (primary N) is 1. The lowest BCUT2D eigenvalue weighted by molar-refractivity contribution is -0.125. The molecular formula is C13H22N4OS2. The van der Waals surface area contributed by atoms with Crippen LogP contribution in [0.25, 0.3) is 0 Å². The van der Waals surface area contributed by atoms with Crippen molar-refractivity contribution >= 4 is 29.2 Å². The number of thioether (sulfide) groups is 1. The Morgan fingerprint density at radius 3 is 3.05 bits per heavy atom. The van der Waals surface area contributed by atoms with Gasteiger partial charge in [-0.05, 0) is 43.8 Å². The molecule has 1 saturated carbocycles. The first-order valence-electron chi connectivity index (χ1n) is 7.06. The van der Waals surface area contributed by atoms with E-state index in [1.54, 1.807) is 11.8 Å². The number of aromatic nitrogens is 2. The minimum atomic E-state index is -0.504. The number of aryl methyl sites for hydroxylation is 1. The van der Waals surface area contributed by atoms with E-state index in [1.165, 1.54) is 11.5 Å². The smallest absolute Gasteiger partial charge is 0.238 e. The van der Waals surface area contributed by atoms with E-state index in [4.69, 9.17) is 5.73 Å². The third kappa shape index (κ3) is 3.15. The van der Waals surface area contributed by atoms with Gasteiger partial charge in [-0.1, -0.05) is 25.1 Å². The molecule has 1 aliphatic carbocycles. The molecular weight excluding hydrogens is 292 g/mol. The molecule has 1 amide bonds. The Balaban J connectivity index is 1.88. The van der Waals surface area contributed by atoms with Crippen LogP contribution in [0.2, 0.25) is 0 Å². The zero-order valence-electron chi connectivity index (χ0n) is 12.0. The molecule has 20 heavy (non-hydrogen) atoms. The summed E-state index contributed by atoms with van der Waals surface area (Å²) in [5, 5.41) is 3.18. The quantitative estimate of drug-likeness (QED) is 0.750. The first kappa shape index (κ1) is 15.7. The summed E-state index contributed by atoms with van der Waals surface area (Å²) in [5.74, 6) is 1.99. The fourth-order valence-corrected chi connectivity index (χ4v) is 4.79. The third-order valence-electron chi connectivity index (χ3n) is 4.16. The number of likely N-dealkylation sites (N-methyl/N-ethyl adjacent to an activating group) is 1. The molecule has 7 heteroatoms. The molecule has 0 saturated heterocycles. The van der Waals surface area contributed by atoms with E-state index in [9.17, 15) is 4.79 Å². The summed E-state index contributed by atoms with van der Waals surface area (Å²) in [6.07, 6.45) is 4.85. The highest BCUT2D eigenvalue weighted by molar-refractivity contribution is 8.00. The number of hydrogen-bond acceptors (Lipinski definition) is 6. The van der Waals surface area contributed by atoms with Gasteiger partial charge in [-0.25, -0.2) is 4.98 Å². The van der Waals surface area contributed by atoms with Crippen LogP contribution in [0.4, 0.5) is 0 Å². The van der Waals surface area contributed by atoms with Crippen LogP contribution in [0.1, 0.15) is 38.4 Å². The van der Waals surface area contributed by atoms with E-state index in [0.29, 0.717) is 5.92 Å². The topological polar surface area (TPSA) is 80.9 Å². The van der Waals surface area contributed by atoms with Gasteiger partial charge in [0.2, 0.25) is 5.91 Å². The highest BCUT2D eigenvalue weighted by Crippen LogP contribution is 2.38. The summed E-state index contributed by atoms with van der Waals surface area (Å²) in [6.45, 7) is 2.06. The molecule has 0 radical (unpaired) electrons. The predicted octanol–water partition coefficient (Wildman–Crippen LogP) is 1.83. The number of primary amides is 1. The van der Waals surface area contributed by atoms with E-state index in [-0.39, 0.29) is 5.91 Å². The molecule has 0 aromatic carbocycles. The van der Waals surface area contributed by atoms with Crippen LogP contribution in [0.5, 0.6) is 0 Å². The number of amides is 1. The molecule has 1 aliphatic rings. The molecule has 0 spiro atoms. The molecule has 5 nitrogen and oxygen atoms in total. The van der Waals surface area contributed by atoms with Gasteiger partial charge in [-0.2, -0.15) is 4.37 Å². The number of carbonyl (C=O) groups is 1. The lowest BCUT2D eigenvalue weighted by atomic mass is 9.84. The van der Waals surface area contributed by atoms with Gasteiger partial charge >= 0.3 is 0 Å². The van der Waals surface area contributed by atoms with Crippen molar-refractivity contribution in [1.82, 2.24) is 14.7 Å². The van der Waals surface area contributed by atoms with Crippen LogP contribution in [-0.4, -0.2) is 33.6 Å². The minimum Gasteiger partial charge on any atom is -0.368 e. The Labute approximate surface area is 128 Å². The van der Waals surface area contributed by atoms with Gasteiger partial charge in [0.1, 0.15) is 11.4 Å². The van der Waals surface area contributed by atoms with Crippen LogP contribution >= 0.6 is 23.3 Å². The predicted molar refractivity (Wildman–Crippen MR) is 83.0 cm³/mol. The summed E-state index contributed by atoms with van der Waals surface area (Å²) >= 11 is 3.19. The Morgan fingerprint density at radius 2 is 2.45 bits per heavy atom. The van der Waals surface area contributed by atoms with Crippen molar-refractivity contribution in [2.45, 2.75) is 48.9 Å². The average Bonchev–Trinajstić information content (AvgIpc) is 3.05. The standard InChI is InChI=1S/C13H22N4OS2/c1-3-10-16-12(20-17-10)19-8-6-9-5-4-7-13(9,15-2)11(14)18/h9,15H,3-8H2,1-2H3,(H2,14,18). The molecule has 2 rings (SSSR count). The van der Waals surface area contributed by atoms with Crippen LogP contribution in [0.15, 0.2) is 4.34 Å². The summed E-state index contributed by atoms with van der Waals surface area (Å²) < 4.78 is 5.30. The Hall–Kier alpha value is -0.660. The highest BCUT2D eigenvalue weighted by atomic mass is 32.2. The molecule has 2 unspecified atom stereocenters. The minimum absolute atomic E-state index is 0.211. The highest BCUT2D eigenvalue weighted by Gasteiger charge is 2.45. The fourth-order valence-electron chi connectivity index (χ4n) is 2.97. The lowest BCUT2D eigenvalue weighted by Crippen LogP contribution is -2.56. The maximum absolute atomic E-state index is 11.8. The molecule has 2 atom stereocenters. The van der Waals surface area contributed by atoms with Crippen LogP contribution < -0.4 is 11.1 Å². The molecule has 1 fully saturated rings. The van der Waals surface area contributed by atoms with Gasteiger partial charge in [0, 0.05) is 12.2 Å². The van der Waals surface area contributed by atoms with Gasteiger partial charge in [0.05, 0.1) is 0 Å². The van der Waals surface area contributed by atoms with Gasteiger partial charge in [0.15, 0.2) is 4.34 Å². The molecule has 0 aliphatic heterocycles. The summed E-state index contributed by atoms with van der Waals surface area (Å²) in [7, 11) is 1.84. The maximum atomic E-state index is 11.8. The Morgan fingerprint density at radius 1 is 1.65 bits per heavy atom. The van der Waals surface area contributed by atoms with Crippen molar-refractivity contribution in [3.05, 3.63) is 5.82 Å².